The topological polar surface area (TPSA) is 67.6 Å². The molecule has 5 rings (SSSR count). The predicted molar refractivity (Wildman–Crippen MR) is 125 cm³/mol. The van der Waals surface area contributed by atoms with E-state index in [9.17, 15) is 15.2 Å². The van der Waals surface area contributed by atoms with Crippen molar-refractivity contribution in [3.8, 4) is 17.2 Å². The van der Waals surface area contributed by atoms with Crippen LogP contribution in [0, 0.1) is 23.2 Å². The summed E-state index contributed by atoms with van der Waals surface area (Å²) in [4.78, 5) is 17.9. The number of aliphatic hydroxyl groups is 1. The number of nitrogens with zero attached hydrogens (tertiary/aromatic N) is 3. The van der Waals surface area contributed by atoms with Crippen molar-refractivity contribution >= 4 is 11.6 Å². The molecule has 166 valence electrons. The Hall–Kier alpha value is -2.84. The van der Waals surface area contributed by atoms with E-state index < -0.39 is 0 Å². The molecule has 1 amide bonds. The van der Waals surface area contributed by atoms with E-state index in [0.29, 0.717) is 11.5 Å². The fourth-order valence-corrected chi connectivity index (χ4v) is 6.23. The quantitative estimate of drug-likeness (QED) is 0.780. The van der Waals surface area contributed by atoms with Crippen molar-refractivity contribution in [3.63, 3.8) is 0 Å². The number of hydrogen-bond donors (Lipinski definition) is 1. The van der Waals surface area contributed by atoms with E-state index in [-0.39, 0.29) is 30.5 Å². The van der Waals surface area contributed by atoms with Gasteiger partial charge >= 0.3 is 0 Å². The molecular weight excluding hydrogens is 398 g/mol. The first-order valence-corrected chi connectivity index (χ1v) is 11.9. The molecule has 3 atom stereocenters. The van der Waals surface area contributed by atoms with E-state index in [1.165, 1.54) is 12.0 Å². The van der Waals surface area contributed by atoms with Crippen molar-refractivity contribution in [2.24, 2.45) is 11.8 Å². The monoisotopic (exact) mass is 429 g/mol. The second-order valence-corrected chi connectivity index (χ2v) is 9.59. The maximum atomic E-state index is 13.6. The highest BCUT2D eigenvalue weighted by Gasteiger charge is 2.48. The van der Waals surface area contributed by atoms with E-state index in [2.05, 4.69) is 41.1 Å². The number of amides is 1. The molecule has 0 bridgehead atoms. The third-order valence-corrected chi connectivity index (χ3v) is 7.91. The molecule has 1 saturated heterocycles. The highest BCUT2D eigenvalue weighted by Crippen LogP contribution is 2.50. The third kappa shape index (κ3) is 3.47. The van der Waals surface area contributed by atoms with Crippen LogP contribution in [-0.2, 0) is 4.79 Å². The minimum atomic E-state index is 0.00637. The molecule has 5 nitrogen and oxygen atoms in total. The van der Waals surface area contributed by atoms with Gasteiger partial charge in [0.2, 0.25) is 5.91 Å². The minimum absolute atomic E-state index is 0.00637. The van der Waals surface area contributed by atoms with Gasteiger partial charge in [-0.1, -0.05) is 37.5 Å². The fraction of sp³-hybridized carbons (Fsp3) is 0.481. The fourth-order valence-electron chi connectivity index (χ4n) is 6.23. The Kier molecular flexibility index (Phi) is 5.65. The number of anilines is 1. The molecule has 3 aliphatic rings. The van der Waals surface area contributed by atoms with Gasteiger partial charge in [0.15, 0.2) is 0 Å². The van der Waals surface area contributed by atoms with Gasteiger partial charge in [0.25, 0.3) is 0 Å². The highest BCUT2D eigenvalue weighted by molar-refractivity contribution is 5.81. The van der Waals surface area contributed by atoms with Crippen LogP contribution in [0.25, 0.3) is 11.1 Å². The van der Waals surface area contributed by atoms with Gasteiger partial charge < -0.3 is 14.9 Å². The van der Waals surface area contributed by atoms with Crippen LogP contribution in [0.15, 0.2) is 42.5 Å². The second-order valence-electron chi connectivity index (χ2n) is 9.59. The van der Waals surface area contributed by atoms with E-state index in [1.54, 1.807) is 0 Å². The van der Waals surface area contributed by atoms with Gasteiger partial charge in [-0.15, -0.1) is 0 Å². The van der Waals surface area contributed by atoms with Gasteiger partial charge in [-0.3, -0.25) is 4.79 Å². The molecule has 1 N–H and O–H groups in total. The van der Waals surface area contributed by atoms with Crippen LogP contribution in [0.1, 0.15) is 55.7 Å². The van der Waals surface area contributed by atoms with E-state index in [0.717, 1.165) is 55.5 Å². The molecule has 0 spiro atoms. The smallest absolute Gasteiger partial charge is 0.226 e. The third-order valence-electron chi connectivity index (χ3n) is 7.91. The molecule has 0 radical (unpaired) electrons. The number of carbonyl (C=O) groups is 1. The molecule has 0 aromatic heterocycles. The largest absolute Gasteiger partial charge is 0.394 e. The summed E-state index contributed by atoms with van der Waals surface area (Å²) in [5.74, 6) is 0.681. The first kappa shape index (κ1) is 21.0. The Balaban J connectivity index is 1.56. The van der Waals surface area contributed by atoms with Crippen molar-refractivity contribution in [2.45, 2.75) is 50.6 Å². The second kappa shape index (κ2) is 8.60. The summed E-state index contributed by atoms with van der Waals surface area (Å²) in [5.41, 5.74) is 4.98. The van der Waals surface area contributed by atoms with Crippen molar-refractivity contribution in [3.05, 3.63) is 53.6 Å². The van der Waals surface area contributed by atoms with Gasteiger partial charge in [0.05, 0.1) is 30.3 Å². The van der Waals surface area contributed by atoms with Crippen LogP contribution < -0.4 is 4.90 Å². The van der Waals surface area contributed by atoms with Crippen LogP contribution in [-0.4, -0.2) is 42.2 Å². The lowest BCUT2D eigenvalue weighted by Gasteiger charge is -2.45. The number of benzene rings is 2. The normalized spacial score (nSPS) is 25.2. The average Bonchev–Trinajstić information content (AvgIpc) is 3.29. The molecule has 2 aliphatic heterocycles. The highest BCUT2D eigenvalue weighted by atomic mass is 16.3. The molecular formula is C27H31N3O2. The Bertz CT molecular complexity index is 1050. The minimum Gasteiger partial charge on any atom is -0.394 e. The standard InChI is InChI=1S/C27H31N3O2/c1-29-24-11-10-21(20-9-5-6-18(14-20)16-28)15-23(24)26-22(25(29)17-31)12-13-30(26)27(32)19-7-3-2-4-8-19/h5-6,9-11,14-15,19,22,25-26,31H,2-4,7-8,12-13,17H2,1H3/t22-,25-,26-/m0/s1. The van der Waals surface area contributed by atoms with Crippen LogP contribution in [0.5, 0.6) is 0 Å². The zero-order chi connectivity index (χ0) is 22.2. The van der Waals surface area contributed by atoms with Gasteiger partial charge in [0.1, 0.15) is 0 Å². The molecule has 2 aromatic rings. The number of likely N-dealkylation sites (N-methyl/N-ethyl adjacent to an activating group) is 1. The molecule has 2 aromatic carbocycles. The number of aliphatic hydroxyl groups excluding tert-OH is 1. The van der Waals surface area contributed by atoms with Gasteiger partial charge in [-0.25, -0.2) is 0 Å². The summed E-state index contributed by atoms with van der Waals surface area (Å²) in [6.45, 7) is 0.858. The SMILES string of the molecule is CN1c2ccc(-c3cccc(C#N)c3)cc2[C@@H]2[C@@H](CCN2C(=O)C2CCCCC2)[C@@H]1CO. The van der Waals surface area contributed by atoms with Crippen molar-refractivity contribution in [2.75, 3.05) is 25.1 Å². The van der Waals surface area contributed by atoms with Crippen LogP contribution >= 0.6 is 0 Å². The number of carbonyl (C=O) groups excluding carboxylic acids is 1. The molecule has 2 heterocycles. The number of rotatable bonds is 3. The summed E-state index contributed by atoms with van der Waals surface area (Å²) in [6.07, 6.45) is 6.47. The maximum absolute atomic E-state index is 13.6. The Morgan fingerprint density at radius 3 is 2.62 bits per heavy atom. The van der Waals surface area contributed by atoms with E-state index >= 15 is 0 Å². The average molecular weight is 430 g/mol. The maximum Gasteiger partial charge on any atom is 0.226 e. The van der Waals surface area contributed by atoms with E-state index in [4.69, 9.17) is 0 Å². The summed E-state index contributed by atoms with van der Waals surface area (Å²) in [5, 5.41) is 19.5. The van der Waals surface area contributed by atoms with Gasteiger partial charge in [0, 0.05) is 31.1 Å². The molecule has 32 heavy (non-hydrogen) atoms. The zero-order valence-corrected chi connectivity index (χ0v) is 18.7. The zero-order valence-electron chi connectivity index (χ0n) is 18.7. The summed E-state index contributed by atoms with van der Waals surface area (Å²) in [7, 11) is 2.05. The molecule has 1 saturated carbocycles. The van der Waals surface area contributed by atoms with E-state index in [1.807, 2.05) is 24.3 Å². The molecule has 1 aliphatic carbocycles. The number of likely N-dealkylation sites (tertiary alicyclic amines) is 1. The van der Waals surface area contributed by atoms with Crippen LogP contribution in [0.2, 0.25) is 0 Å². The Morgan fingerprint density at radius 1 is 1.09 bits per heavy atom. The van der Waals surface area contributed by atoms with Gasteiger partial charge in [-0.05, 0) is 60.2 Å². The van der Waals surface area contributed by atoms with Crippen molar-refractivity contribution < 1.29 is 9.90 Å². The number of nitriles is 1. The van der Waals surface area contributed by atoms with Crippen LogP contribution in [0.4, 0.5) is 5.69 Å². The van der Waals surface area contributed by atoms with Crippen LogP contribution in [0.3, 0.4) is 0 Å². The lowest BCUT2D eigenvalue weighted by atomic mass is 9.80. The molecule has 2 fully saturated rings. The first-order chi connectivity index (χ1) is 15.6. The first-order valence-electron chi connectivity index (χ1n) is 11.9. The van der Waals surface area contributed by atoms with Gasteiger partial charge in [-0.2, -0.15) is 5.26 Å². The summed E-state index contributed by atoms with van der Waals surface area (Å²) < 4.78 is 0. The number of fused-ring (bicyclic) bond motifs is 3. The molecule has 0 unspecified atom stereocenters. The van der Waals surface area contributed by atoms with Crippen molar-refractivity contribution in [1.29, 1.82) is 5.26 Å². The Morgan fingerprint density at radius 2 is 1.88 bits per heavy atom. The summed E-state index contributed by atoms with van der Waals surface area (Å²) >= 11 is 0. The molecule has 5 heteroatoms. The lowest BCUT2D eigenvalue weighted by Crippen LogP contribution is -2.49. The summed E-state index contributed by atoms with van der Waals surface area (Å²) in [6, 6.07) is 16.3. The Labute approximate surface area is 190 Å². The van der Waals surface area contributed by atoms with Crippen molar-refractivity contribution in [1.82, 2.24) is 4.90 Å². The predicted octanol–water partition coefficient (Wildman–Crippen LogP) is 4.51. The number of hydrogen-bond acceptors (Lipinski definition) is 4. The lowest BCUT2D eigenvalue weighted by molar-refractivity contribution is -0.138.